The molecule has 1 heteroatoms. The molecule has 1 fully saturated rings. The molecule has 1 unspecified atom stereocenters. The summed E-state index contributed by atoms with van der Waals surface area (Å²) in [5.41, 5.74) is 3.30. The molecule has 0 radical (unpaired) electrons. The van der Waals surface area contributed by atoms with Gasteiger partial charge in [-0.05, 0) is 49.8 Å². The van der Waals surface area contributed by atoms with Crippen LogP contribution < -0.4 is 5.32 Å². The predicted molar refractivity (Wildman–Crippen MR) is 69.8 cm³/mol. The molecule has 1 saturated heterocycles. The zero-order valence-corrected chi connectivity index (χ0v) is 10.6. The molecule has 1 aliphatic heterocycles. The van der Waals surface area contributed by atoms with Crippen LogP contribution in [0.25, 0.3) is 0 Å². The van der Waals surface area contributed by atoms with Crippen LogP contribution in [0.3, 0.4) is 0 Å². The molecule has 0 bridgehead atoms. The third kappa shape index (κ3) is 2.46. The molecule has 0 amide bonds. The van der Waals surface area contributed by atoms with Gasteiger partial charge in [-0.1, -0.05) is 38.1 Å². The number of hydrogen-bond acceptors (Lipinski definition) is 1. The Labute approximate surface area is 99.3 Å². The van der Waals surface area contributed by atoms with Crippen LogP contribution in [0.15, 0.2) is 24.3 Å². The topological polar surface area (TPSA) is 12.0 Å². The highest BCUT2D eigenvalue weighted by Gasteiger charge is 2.31. The molecule has 1 N–H and O–H groups in total. The van der Waals surface area contributed by atoms with Crippen LogP contribution in [0.4, 0.5) is 0 Å². The van der Waals surface area contributed by atoms with Crippen molar-refractivity contribution in [2.75, 3.05) is 6.54 Å². The van der Waals surface area contributed by atoms with Crippen molar-refractivity contribution in [2.24, 2.45) is 0 Å². The Morgan fingerprint density at radius 3 is 2.31 bits per heavy atom. The van der Waals surface area contributed by atoms with Crippen molar-refractivity contribution in [1.82, 2.24) is 5.32 Å². The minimum Gasteiger partial charge on any atom is -0.311 e. The molecule has 0 aromatic heterocycles. The molecule has 0 saturated carbocycles. The van der Waals surface area contributed by atoms with Gasteiger partial charge in [0.05, 0.1) is 0 Å². The van der Waals surface area contributed by atoms with E-state index in [-0.39, 0.29) is 0 Å². The van der Waals surface area contributed by atoms with Gasteiger partial charge in [0.25, 0.3) is 0 Å². The highest BCUT2D eigenvalue weighted by Crippen LogP contribution is 2.27. The highest BCUT2D eigenvalue weighted by molar-refractivity contribution is 5.24. The third-order valence-electron chi connectivity index (χ3n) is 3.98. The van der Waals surface area contributed by atoms with Crippen molar-refractivity contribution >= 4 is 0 Å². The van der Waals surface area contributed by atoms with E-state index >= 15 is 0 Å². The summed E-state index contributed by atoms with van der Waals surface area (Å²) in [6, 6.07) is 9.15. The zero-order valence-electron chi connectivity index (χ0n) is 10.6. The lowest BCUT2D eigenvalue weighted by atomic mass is 9.86. The van der Waals surface area contributed by atoms with Gasteiger partial charge >= 0.3 is 0 Å². The first-order chi connectivity index (χ1) is 7.78. The minimum absolute atomic E-state index is 0.383. The first-order valence-electron chi connectivity index (χ1n) is 6.61. The molecule has 88 valence electrons. The summed E-state index contributed by atoms with van der Waals surface area (Å²) in [6.45, 7) is 5.71. The average molecular weight is 217 g/mol. The summed E-state index contributed by atoms with van der Waals surface area (Å²) in [4.78, 5) is 0. The molecule has 1 aromatic rings. The zero-order chi connectivity index (χ0) is 11.4. The van der Waals surface area contributed by atoms with Crippen LogP contribution in [0.2, 0.25) is 0 Å². The summed E-state index contributed by atoms with van der Waals surface area (Å²) in [6.07, 6.45) is 6.23. The largest absolute Gasteiger partial charge is 0.311 e. The van der Waals surface area contributed by atoms with Crippen LogP contribution in [-0.2, 0) is 12.8 Å². The van der Waals surface area contributed by atoms with Crippen LogP contribution in [-0.4, -0.2) is 12.1 Å². The van der Waals surface area contributed by atoms with Crippen LogP contribution in [0.1, 0.15) is 44.2 Å². The van der Waals surface area contributed by atoms with Gasteiger partial charge in [0, 0.05) is 5.54 Å². The van der Waals surface area contributed by atoms with Gasteiger partial charge in [-0.25, -0.2) is 0 Å². The molecule has 0 aliphatic carbocycles. The summed E-state index contributed by atoms with van der Waals surface area (Å²) in [5.74, 6) is 0. The maximum atomic E-state index is 3.70. The SMILES string of the molecule is CCc1ccc(CC2(CC)CCCN2)cc1. The van der Waals surface area contributed by atoms with Crippen molar-refractivity contribution in [3.63, 3.8) is 0 Å². The fourth-order valence-corrected chi connectivity index (χ4v) is 2.73. The molecular weight excluding hydrogens is 194 g/mol. The third-order valence-corrected chi connectivity index (χ3v) is 3.98. The van der Waals surface area contributed by atoms with E-state index < -0.39 is 0 Å². The van der Waals surface area contributed by atoms with Gasteiger partial charge in [0.2, 0.25) is 0 Å². The van der Waals surface area contributed by atoms with Gasteiger partial charge in [0.1, 0.15) is 0 Å². The van der Waals surface area contributed by atoms with Crippen molar-refractivity contribution in [3.8, 4) is 0 Å². The Kier molecular flexibility index (Phi) is 3.65. The van der Waals surface area contributed by atoms with Crippen LogP contribution in [0.5, 0.6) is 0 Å². The minimum atomic E-state index is 0.383. The van der Waals surface area contributed by atoms with E-state index in [0.29, 0.717) is 5.54 Å². The summed E-state index contributed by atoms with van der Waals surface area (Å²) >= 11 is 0. The predicted octanol–water partition coefficient (Wildman–Crippen LogP) is 3.32. The number of benzene rings is 1. The molecule has 1 nitrogen and oxygen atoms in total. The molecular formula is C15H23N. The van der Waals surface area contributed by atoms with Crippen molar-refractivity contribution in [3.05, 3.63) is 35.4 Å². The second kappa shape index (κ2) is 5.01. The lowest BCUT2D eigenvalue weighted by Crippen LogP contribution is -2.41. The summed E-state index contributed by atoms with van der Waals surface area (Å²) in [7, 11) is 0. The first kappa shape index (κ1) is 11.7. The Hall–Kier alpha value is -0.820. The number of hydrogen-bond donors (Lipinski definition) is 1. The van der Waals surface area contributed by atoms with Gasteiger partial charge in [-0.3, -0.25) is 0 Å². The molecule has 2 rings (SSSR count). The molecule has 1 aliphatic rings. The fraction of sp³-hybridized carbons (Fsp3) is 0.600. The quantitative estimate of drug-likeness (QED) is 0.815. The van der Waals surface area contributed by atoms with E-state index in [9.17, 15) is 0 Å². The van der Waals surface area contributed by atoms with E-state index in [1.165, 1.54) is 43.4 Å². The Balaban J connectivity index is 2.07. The second-order valence-corrected chi connectivity index (χ2v) is 5.01. The molecule has 1 aromatic carbocycles. The lowest BCUT2D eigenvalue weighted by molar-refractivity contribution is 0.360. The maximum absolute atomic E-state index is 3.70. The normalized spacial score (nSPS) is 24.9. The van der Waals surface area contributed by atoms with E-state index in [4.69, 9.17) is 0 Å². The van der Waals surface area contributed by atoms with E-state index in [2.05, 4.69) is 43.4 Å². The van der Waals surface area contributed by atoms with Gasteiger partial charge in [-0.15, -0.1) is 0 Å². The van der Waals surface area contributed by atoms with Gasteiger partial charge in [0.15, 0.2) is 0 Å². The first-order valence-corrected chi connectivity index (χ1v) is 6.61. The number of aryl methyl sites for hydroxylation is 1. The van der Waals surface area contributed by atoms with Gasteiger partial charge in [-0.2, -0.15) is 0 Å². The number of nitrogens with one attached hydrogen (secondary N) is 1. The van der Waals surface area contributed by atoms with Crippen molar-refractivity contribution < 1.29 is 0 Å². The van der Waals surface area contributed by atoms with Crippen molar-refractivity contribution in [1.29, 1.82) is 0 Å². The van der Waals surface area contributed by atoms with Gasteiger partial charge < -0.3 is 5.32 Å². The van der Waals surface area contributed by atoms with E-state index in [1.54, 1.807) is 0 Å². The monoisotopic (exact) mass is 217 g/mol. The summed E-state index contributed by atoms with van der Waals surface area (Å²) < 4.78 is 0. The maximum Gasteiger partial charge on any atom is 0.0219 e. The average Bonchev–Trinajstić information content (AvgIpc) is 2.79. The van der Waals surface area contributed by atoms with Crippen LogP contribution in [0, 0.1) is 0 Å². The summed E-state index contributed by atoms with van der Waals surface area (Å²) in [5, 5.41) is 3.70. The number of rotatable bonds is 4. The Morgan fingerprint density at radius 1 is 1.12 bits per heavy atom. The van der Waals surface area contributed by atoms with Crippen LogP contribution >= 0.6 is 0 Å². The van der Waals surface area contributed by atoms with Crippen molar-refractivity contribution in [2.45, 2.75) is 51.5 Å². The Morgan fingerprint density at radius 2 is 1.81 bits per heavy atom. The lowest BCUT2D eigenvalue weighted by Gasteiger charge is -2.28. The van der Waals surface area contributed by atoms with E-state index in [1.807, 2.05) is 0 Å². The van der Waals surface area contributed by atoms with E-state index in [0.717, 1.165) is 6.42 Å². The molecule has 0 spiro atoms. The Bertz CT molecular complexity index is 320. The highest BCUT2D eigenvalue weighted by atomic mass is 15.0. The molecule has 1 heterocycles. The fourth-order valence-electron chi connectivity index (χ4n) is 2.73. The standard InChI is InChI=1S/C15H23N/c1-3-13-6-8-14(9-7-13)12-15(4-2)10-5-11-16-15/h6-9,16H,3-5,10-12H2,1-2H3. The molecule has 16 heavy (non-hydrogen) atoms. The molecule has 1 atom stereocenters. The second-order valence-electron chi connectivity index (χ2n) is 5.01. The smallest absolute Gasteiger partial charge is 0.0219 e.